The number of hydrogen-bond donors (Lipinski definition) is 2. The average molecular weight is 364 g/mol. The molecule has 21 heavy (non-hydrogen) atoms. The molecule has 0 bridgehead atoms. The molecule has 0 unspecified atom stereocenters. The van der Waals surface area contributed by atoms with Gasteiger partial charge in [-0.25, -0.2) is 0 Å². The van der Waals surface area contributed by atoms with Crippen LogP contribution in [-0.4, -0.2) is 4.98 Å². The Hall–Kier alpha value is -1.45. The van der Waals surface area contributed by atoms with Crippen LogP contribution in [0.15, 0.2) is 41.0 Å². The number of anilines is 1. The molecule has 0 atom stereocenters. The quantitative estimate of drug-likeness (QED) is 0.603. The minimum atomic E-state index is 0.753. The fourth-order valence-corrected chi connectivity index (χ4v) is 2.95. The van der Waals surface area contributed by atoms with E-state index in [1.165, 1.54) is 26.5 Å². The van der Waals surface area contributed by atoms with E-state index in [4.69, 9.17) is 11.6 Å². The number of aromatic amines is 1. The van der Waals surface area contributed by atoms with Gasteiger partial charge in [-0.05, 0) is 54.8 Å². The van der Waals surface area contributed by atoms with Crippen molar-refractivity contribution in [1.29, 1.82) is 0 Å². The summed E-state index contributed by atoms with van der Waals surface area (Å²) >= 11 is 9.61. The van der Waals surface area contributed by atoms with Gasteiger partial charge < -0.3 is 10.3 Å². The summed E-state index contributed by atoms with van der Waals surface area (Å²) in [4.78, 5) is 3.27. The lowest BCUT2D eigenvalue weighted by molar-refractivity contribution is 1.15. The van der Waals surface area contributed by atoms with E-state index in [0.29, 0.717) is 0 Å². The molecular formula is C17H16BrClN2. The van der Waals surface area contributed by atoms with Crippen LogP contribution in [0.3, 0.4) is 0 Å². The summed E-state index contributed by atoms with van der Waals surface area (Å²) in [6.45, 7) is 4.99. The Balaban J connectivity index is 1.83. The van der Waals surface area contributed by atoms with Gasteiger partial charge in [-0.15, -0.1) is 0 Å². The van der Waals surface area contributed by atoms with Crippen LogP contribution in [0, 0.1) is 13.8 Å². The van der Waals surface area contributed by atoms with E-state index < -0.39 is 0 Å². The monoisotopic (exact) mass is 362 g/mol. The highest BCUT2D eigenvalue weighted by Crippen LogP contribution is 2.26. The first kappa shape index (κ1) is 14.5. The van der Waals surface area contributed by atoms with Crippen LogP contribution in [-0.2, 0) is 6.54 Å². The maximum Gasteiger partial charge on any atom is 0.0472 e. The van der Waals surface area contributed by atoms with Crippen molar-refractivity contribution in [3.63, 3.8) is 0 Å². The molecule has 0 amide bonds. The summed E-state index contributed by atoms with van der Waals surface area (Å²) in [5.74, 6) is 0. The largest absolute Gasteiger partial charge is 0.381 e. The van der Waals surface area contributed by atoms with E-state index in [-0.39, 0.29) is 0 Å². The number of H-pyrrole nitrogens is 1. The molecule has 0 aliphatic carbocycles. The minimum absolute atomic E-state index is 0.753. The number of hydrogen-bond acceptors (Lipinski definition) is 1. The molecule has 3 aromatic rings. The number of fused-ring (bicyclic) bond motifs is 1. The summed E-state index contributed by atoms with van der Waals surface area (Å²) in [7, 11) is 0. The van der Waals surface area contributed by atoms with Gasteiger partial charge in [0.15, 0.2) is 0 Å². The fraction of sp³-hybridized carbons (Fsp3) is 0.176. The van der Waals surface area contributed by atoms with E-state index in [9.17, 15) is 0 Å². The van der Waals surface area contributed by atoms with Crippen LogP contribution in [0.5, 0.6) is 0 Å². The molecule has 2 N–H and O–H groups in total. The van der Waals surface area contributed by atoms with E-state index in [1.54, 1.807) is 0 Å². The zero-order valence-electron chi connectivity index (χ0n) is 11.9. The van der Waals surface area contributed by atoms with Crippen molar-refractivity contribution in [2.24, 2.45) is 0 Å². The smallest absolute Gasteiger partial charge is 0.0472 e. The zero-order chi connectivity index (χ0) is 15.0. The van der Waals surface area contributed by atoms with E-state index in [2.05, 4.69) is 58.3 Å². The molecule has 3 rings (SSSR count). The molecule has 0 fully saturated rings. The van der Waals surface area contributed by atoms with Gasteiger partial charge in [0.1, 0.15) is 0 Å². The third-order valence-corrected chi connectivity index (χ3v) is 5.13. The van der Waals surface area contributed by atoms with Crippen LogP contribution < -0.4 is 5.32 Å². The predicted molar refractivity (Wildman–Crippen MR) is 94.3 cm³/mol. The molecule has 2 nitrogen and oxygen atoms in total. The molecular weight excluding hydrogens is 348 g/mol. The Morgan fingerprint density at radius 3 is 2.57 bits per heavy atom. The second-order valence-electron chi connectivity index (χ2n) is 5.28. The standard InChI is InChI=1S/C17H16BrClN2/c1-10-5-14(6-11(2)17(10)18)20-8-12-9-21-16-7-13(19)3-4-15(12)16/h3-7,9,20-21H,8H2,1-2H3. The number of benzene rings is 2. The molecule has 108 valence electrons. The van der Waals surface area contributed by atoms with Crippen molar-refractivity contribution in [2.45, 2.75) is 20.4 Å². The molecule has 0 spiro atoms. The lowest BCUT2D eigenvalue weighted by atomic mass is 10.1. The van der Waals surface area contributed by atoms with Gasteiger partial charge in [0.2, 0.25) is 0 Å². The predicted octanol–water partition coefficient (Wildman–Crippen LogP) is 5.81. The summed E-state index contributed by atoms with van der Waals surface area (Å²) in [5.41, 5.74) is 5.92. The topological polar surface area (TPSA) is 27.8 Å². The second kappa shape index (κ2) is 5.74. The number of aromatic nitrogens is 1. The zero-order valence-corrected chi connectivity index (χ0v) is 14.3. The van der Waals surface area contributed by atoms with Gasteiger partial charge in [-0.2, -0.15) is 0 Å². The lowest BCUT2D eigenvalue weighted by Crippen LogP contribution is -1.99. The van der Waals surface area contributed by atoms with Crippen LogP contribution in [0.2, 0.25) is 5.02 Å². The highest BCUT2D eigenvalue weighted by Gasteiger charge is 2.06. The Kier molecular flexibility index (Phi) is 3.96. The first-order valence-electron chi connectivity index (χ1n) is 6.81. The van der Waals surface area contributed by atoms with E-state index >= 15 is 0 Å². The van der Waals surface area contributed by atoms with Crippen molar-refractivity contribution < 1.29 is 0 Å². The van der Waals surface area contributed by atoms with Crippen molar-refractivity contribution in [3.05, 3.63) is 62.7 Å². The molecule has 0 aliphatic heterocycles. The minimum Gasteiger partial charge on any atom is -0.381 e. The molecule has 2 aromatic carbocycles. The molecule has 0 saturated carbocycles. The van der Waals surface area contributed by atoms with Crippen LogP contribution >= 0.6 is 27.5 Å². The number of halogens is 2. The Morgan fingerprint density at radius 2 is 1.86 bits per heavy atom. The molecule has 4 heteroatoms. The third kappa shape index (κ3) is 2.94. The van der Waals surface area contributed by atoms with Crippen molar-refractivity contribution in [2.75, 3.05) is 5.32 Å². The van der Waals surface area contributed by atoms with Crippen LogP contribution in [0.4, 0.5) is 5.69 Å². The Labute approximate surface area is 137 Å². The number of nitrogens with one attached hydrogen (secondary N) is 2. The first-order chi connectivity index (χ1) is 10.0. The summed E-state index contributed by atoms with van der Waals surface area (Å²) in [6.07, 6.45) is 2.03. The van der Waals surface area contributed by atoms with Gasteiger partial charge in [0.05, 0.1) is 0 Å². The average Bonchev–Trinajstić information content (AvgIpc) is 2.84. The molecule has 1 aromatic heterocycles. The lowest BCUT2D eigenvalue weighted by Gasteiger charge is -2.10. The Bertz CT molecular complexity index is 785. The van der Waals surface area contributed by atoms with Gasteiger partial charge in [-0.1, -0.05) is 33.6 Å². The number of rotatable bonds is 3. The Morgan fingerprint density at radius 1 is 1.14 bits per heavy atom. The number of aryl methyl sites for hydroxylation is 2. The van der Waals surface area contributed by atoms with Crippen molar-refractivity contribution in [3.8, 4) is 0 Å². The van der Waals surface area contributed by atoms with E-state index in [0.717, 1.165) is 22.8 Å². The van der Waals surface area contributed by atoms with E-state index in [1.807, 2.05) is 18.3 Å². The summed E-state index contributed by atoms with van der Waals surface area (Å²) < 4.78 is 1.18. The normalized spacial score (nSPS) is 11.0. The highest BCUT2D eigenvalue weighted by atomic mass is 79.9. The van der Waals surface area contributed by atoms with Gasteiger partial charge in [0.25, 0.3) is 0 Å². The molecule has 0 aliphatic rings. The highest BCUT2D eigenvalue weighted by molar-refractivity contribution is 9.10. The summed E-state index contributed by atoms with van der Waals surface area (Å²) in [6, 6.07) is 10.2. The molecule has 0 radical (unpaired) electrons. The maximum absolute atomic E-state index is 6.01. The first-order valence-corrected chi connectivity index (χ1v) is 7.98. The summed E-state index contributed by atoms with van der Waals surface area (Å²) in [5, 5.41) is 5.45. The SMILES string of the molecule is Cc1cc(NCc2c[nH]c3cc(Cl)ccc23)cc(C)c1Br. The van der Waals surface area contributed by atoms with Gasteiger partial charge in [0, 0.05) is 38.8 Å². The van der Waals surface area contributed by atoms with Crippen LogP contribution in [0.1, 0.15) is 16.7 Å². The van der Waals surface area contributed by atoms with Crippen LogP contribution in [0.25, 0.3) is 10.9 Å². The molecule has 1 heterocycles. The molecule has 0 saturated heterocycles. The fourth-order valence-electron chi connectivity index (χ4n) is 2.55. The second-order valence-corrected chi connectivity index (χ2v) is 6.51. The van der Waals surface area contributed by atoms with Crippen molar-refractivity contribution in [1.82, 2.24) is 4.98 Å². The maximum atomic E-state index is 6.01. The van der Waals surface area contributed by atoms with Crippen molar-refractivity contribution >= 4 is 44.1 Å². The van der Waals surface area contributed by atoms with Gasteiger partial charge >= 0.3 is 0 Å². The third-order valence-electron chi connectivity index (χ3n) is 3.65. The van der Waals surface area contributed by atoms with Gasteiger partial charge in [-0.3, -0.25) is 0 Å².